The summed E-state index contributed by atoms with van der Waals surface area (Å²) in [4.78, 5) is 2.08. The molecule has 0 saturated carbocycles. The van der Waals surface area contributed by atoms with E-state index in [4.69, 9.17) is 19.7 Å². The van der Waals surface area contributed by atoms with Gasteiger partial charge < -0.3 is 24.6 Å². The van der Waals surface area contributed by atoms with Crippen molar-refractivity contribution in [1.82, 2.24) is 0 Å². The van der Waals surface area contributed by atoms with Crippen LogP contribution in [-0.4, -0.2) is 62.9 Å². The standard InChI is InChI=1S/C14H23NO4/c16-8-6-15(14-4-2-1-3-5-14)7-10-18-12-13-19-11-9-17/h1-5,16-17H,6-13H2. The third-order valence-corrected chi connectivity index (χ3v) is 2.60. The molecule has 108 valence electrons. The highest BCUT2D eigenvalue weighted by atomic mass is 16.5. The van der Waals surface area contributed by atoms with Crippen molar-refractivity contribution in [1.29, 1.82) is 0 Å². The minimum atomic E-state index is 0.0400. The van der Waals surface area contributed by atoms with E-state index in [1.54, 1.807) is 0 Å². The number of ether oxygens (including phenoxy) is 2. The molecule has 5 heteroatoms. The first kappa shape index (κ1) is 15.9. The Kier molecular flexibility index (Phi) is 9.01. The molecule has 0 unspecified atom stereocenters. The van der Waals surface area contributed by atoms with Crippen LogP contribution in [0.4, 0.5) is 5.69 Å². The summed E-state index contributed by atoms with van der Waals surface area (Å²) in [6, 6.07) is 9.95. The van der Waals surface area contributed by atoms with Crippen LogP contribution in [0, 0.1) is 0 Å². The molecule has 0 aliphatic carbocycles. The summed E-state index contributed by atoms with van der Waals surface area (Å²) in [7, 11) is 0. The second-order valence-corrected chi connectivity index (χ2v) is 3.99. The number of rotatable bonds is 11. The van der Waals surface area contributed by atoms with E-state index < -0.39 is 0 Å². The SMILES string of the molecule is OCCOCCOCCN(CCO)c1ccccc1. The zero-order chi connectivity index (χ0) is 13.8. The molecule has 5 nitrogen and oxygen atoms in total. The zero-order valence-electron chi connectivity index (χ0n) is 11.2. The van der Waals surface area contributed by atoms with Crippen molar-refractivity contribution in [3.05, 3.63) is 30.3 Å². The molecule has 0 fully saturated rings. The Bertz CT molecular complexity index is 308. The quantitative estimate of drug-likeness (QED) is 0.573. The molecule has 0 radical (unpaired) electrons. The summed E-state index contributed by atoms with van der Waals surface area (Å²) in [5.41, 5.74) is 1.08. The third-order valence-electron chi connectivity index (χ3n) is 2.60. The average Bonchev–Trinajstić information content (AvgIpc) is 2.46. The predicted molar refractivity (Wildman–Crippen MR) is 74.5 cm³/mol. The molecule has 0 aliphatic heterocycles. The van der Waals surface area contributed by atoms with E-state index in [1.807, 2.05) is 30.3 Å². The number of hydrogen-bond donors (Lipinski definition) is 2. The number of hydrogen-bond acceptors (Lipinski definition) is 5. The summed E-state index contributed by atoms with van der Waals surface area (Å²) in [6.45, 7) is 3.42. The lowest BCUT2D eigenvalue weighted by Crippen LogP contribution is -2.30. The number of aliphatic hydroxyl groups is 2. The van der Waals surface area contributed by atoms with E-state index in [0.717, 1.165) is 12.2 Å². The first-order chi connectivity index (χ1) is 9.38. The van der Waals surface area contributed by atoms with Crippen LogP contribution in [0.2, 0.25) is 0 Å². The minimum absolute atomic E-state index is 0.0400. The predicted octanol–water partition coefficient (Wildman–Crippen LogP) is 0.511. The largest absolute Gasteiger partial charge is 0.395 e. The molecular formula is C14H23NO4. The molecular weight excluding hydrogens is 246 g/mol. The van der Waals surface area contributed by atoms with Crippen LogP contribution < -0.4 is 4.90 Å². The van der Waals surface area contributed by atoms with Crippen molar-refractivity contribution in [2.75, 3.05) is 57.6 Å². The van der Waals surface area contributed by atoms with Gasteiger partial charge in [-0.05, 0) is 12.1 Å². The molecule has 1 rings (SSSR count). The van der Waals surface area contributed by atoms with Gasteiger partial charge in [0.05, 0.1) is 39.6 Å². The van der Waals surface area contributed by atoms with Crippen molar-refractivity contribution in [3.8, 4) is 0 Å². The Morgan fingerprint density at radius 2 is 1.47 bits per heavy atom. The van der Waals surface area contributed by atoms with Gasteiger partial charge in [-0.3, -0.25) is 0 Å². The maximum atomic E-state index is 9.07. The van der Waals surface area contributed by atoms with E-state index in [2.05, 4.69) is 4.90 Å². The maximum Gasteiger partial charge on any atom is 0.0701 e. The molecule has 0 saturated heterocycles. The topological polar surface area (TPSA) is 62.2 Å². The molecule has 19 heavy (non-hydrogen) atoms. The van der Waals surface area contributed by atoms with Gasteiger partial charge in [0.1, 0.15) is 0 Å². The third kappa shape index (κ3) is 7.12. The van der Waals surface area contributed by atoms with Gasteiger partial charge in [0, 0.05) is 18.8 Å². The highest BCUT2D eigenvalue weighted by molar-refractivity contribution is 5.45. The fourth-order valence-electron chi connectivity index (χ4n) is 1.69. The Morgan fingerprint density at radius 3 is 2.11 bits per heavy atom. The van der Waals surface area contributed by atoms with Crippen LogP contribution in [0.3, 0.4) is 0 Å². The number of aliphatic hydroxyl groups excluding tert-OH is 2. The van der Waals surface area contributed by atoms with Crippen LogP contribution in [0.1, 0.15) is 0 Å². The van der Waals surface area contributed by atoms with Crippen LogP contribution in [0.5, 0.6) is 0 Å². The van der Waals surface area contributed by atoms with Crippen LogP contribution >= 0.6 is 0 Å². The molecule has 0 aliphatic rings. The van der Waals surface area contributed by atoms with Crippen molar-refractivity contribution < 1.29 is 19.7 Å². The van der Waals surface area contributed by atoms with Crippen molar-refractivity contribution in [2.45, 2.75) is 0 Å². The normalized spacial score (nSPS) is 10.6. The fraction of sp³-hybridized carbons (Fsp3) is 0.571. The van der Waals surface area contributed by atoms with Crippen molar-refractivity contribution in [2.24, 2.45) is 0 Å². The van der Waals surface area contributed by atoms with Crippen molar-refractivity contribution >= 4 is 5.69 Å². The van der Waals surface area contributed by atoms with Gasteiger partial charge in [-0.15, -0.1) is 0 Å². The molecule has 0 heterocycles. The van der Waals surface area contributed by atoms with E-state index in [9.17, 15) is 0 Å². The molecule has 0 atom stereocenters. The monoisotopic (exact) mass is 269 g/mol. The Hall–Kier alpha value is -1.14. The maximum absolute atomic E-state index is 9.07. The van der Waals surface area contributed by atoms with Crippen LogP contribution in [0.15, 0.2) is 30.3 Å². The molecule has 0 amide bonds. The summed E-state index contributed by atoms with van der Waals surface area (Å²) in [5.74, 6) is 0. The van der Waals surface area contributed by atoms with Gasteiger partial charge in [-0.2, -0.15) is 0 Å². The Morgan fingerprint density at radius 1 is 0.789 bits per heavy atom. The van der Waals surface area contributed by atoms with Gasteiger partial charge in [0.15, 0.2) is 0 Å². The molecule has 0 spiro atoms. The summed E-state index contributed by atoms with van der Waals surface area (Å²) < 4.78 is 10.5. The van der Waals surface area contributed by atoms with Gasteiger partial charge in [0.2, 0.25) is 0 Å². The molecule has 1 aromatic carbocycles. The summed E-state index contributed by atoms with van der Waals surface area (Å²) >= 11 is 0. The summed E-state index contributed by atoms with van der Waals surface area (Å²) in [5, 5.41) is 17.6. The zero-order valence-corrected chi connectivity index (χ0v) is 11.2. The molecule has 0 aromatic heterocycles. The lowest BCUT2D eigenvalue weighted by molar-refractivity contribution is 0.0350. The Balaban J connectivity index is 2.20. The van der Waals surface area contributed by atoms with Gasteiger partial charge in [-0.1, -0.05) is 18.2 Å². The highest BCUT2D eigenvalue weighted by Gasteiger charge is 2.04. The van der Waals surface area contributed by atoms with Crippen molar-refractivity contribution in [3.63, 3.8) is 0 Å². The second-order valence-electron chi connectivity index (χ2n) is 3.99. The van der Waals surface area contributed by atoms with E-state index in [1.165, 1.54) is 0 Å². The first-order valence-electron chi connectivity index (χ1n) is 6.55. The van der Waals surface area contributed by atoms with E-state index in [0.29, 0.717) is 33.0 Å². The highest BCUT2D eigenvalue weighted by Crippen LogP contribution is 2.12. The van der Waals surface area contributed by atoms with Crippen LogP contribution in [0.25, 0.3) is 0 Å². The molecule has 1 aromatic rings. The average molecular weight is 269 g/mol. The smallest absolute Gasteiger partial charge is 0.0701 e. The molecule has 2 N–H and O–H groups in total. The van der Waals surface area contributed by atoms with Gasteiger partial charge >= 0.3 is 0 Å². The number of anilines is 1. The fourth-order valence-corrected chi connectivity index (χ4v) is 1.69. The summed E-state index contributed by atoms with van der Waals surface area (Å²) in [6.07, 6.45) is 0. The minimum Gasteiger partial charge on any atom is -0.395 e. The Labute approximate surface area is 114 Å². The van der Waals surface area contributed by atoms with Gasteiger partial charge in [0.25, 0.3) is 0 Å². The van der Waals surface area contributed by atoms with E-state index in [-0.39, 0.29) is 13.2 Å². The van der Waals surface area contributed by atoms with Crippen LogP contribution in [-0.2, 0) is 9.47 Å². The number of para-hydroxylation sites is 1. The van der Waals surface area contributed by atoms with E-state index >= 15 is 0 Å². The number of nitrogens with zero attached hydrogens (tertiary/aromatic N) is 1. The van der Waals surface area contributed by atoms with Gasteiger partial charge in [-0.25, -0.2) is 0 Å². The molecule has 0 bridgehead atoms. The second kappa shape index (κ2) is 10.8. The lowest BCUT2D eigenvalue weighted by Gasteiger charge is -2.23. The lowest BCUT2D eigenvalue weighted by atomic mass is 10.3. The number of benzene rings is 1. The first-order valence-corrected chi connectivity index (χ1v) is 6.55.